The van der Waals surface area contributed by atoms with Gasteiger partial charge in [-0.2, -0.15) is 0 Å². The summed E-state index contributed by atoms with van der Waals surface area (Å²) < 4.78 is 5.83. The summed E-state index contributed by atoms with van der Waals surface area (Å²) in [6.07, 6.45) is 0. The van der Waals surface area contributed by atoms with Gasteiger partial charge >= 0.3 is 5.97 Å². The average Bonchev–Trinajstić information content (AvgIpc) is 2.76. The van der Waals surface area contributed by atoms with E-state index in [9.17, 15) is 19.2 Å². The number of halogens is 1. The van der Waals surface area contributed by atoms with Crippen molar-refractivity contribution in [2.24, 2.45) is 0 Å². The summed E-state index contributed by atoms with van der Waals surface area (Å²) in [7, 11) is 0. The number of amides is 1. The number of benzene rings is 3. The van der Waals surface area contributed by atoms with Crippen LogP contribution in [0.3, 0.4) is 0 Å². The van der Waals surface area contributed by atoms with Crippen molar-refractivity contribution in [3.8, 4) is 0 Å². The van der Waals surface area contributed by atoms with Crippen LogP contribution in [-0.4, -0.2) is 30.0 Å². The second-order valence-corrected chi connectivity index (χ2v) is 7.51. The lowest BCUT2D eigenvalue weighted by atomic mass is 9.84. The molecule has 0 saturated carbocycles. The number of nitrogens with one attached hydrogen (secondary N) is 1. The van der Waals surface area contributed by atoms with Gasteiger partial charge in [-0.25, -0.2) is 4.79 Å². The third-order valence-electron chi connectivity index (χ3n) is 4.62. The van der Waals surface area contributed by atoms with E-state index in [-0.39, 0.29) is 17.1 Å². The smallest absolute Gasteiger partial charge is 0.338 e. The summed E-state index contributed by atoms with van der Waals surface area (Å²) >= 11 is 3.28. The summed E-state index contributed by atoms with van der Waals surface area (Å²) in [5.41, 5.74) is 1.87. The van der Waals surface area contributed by atoms with Crippen LogP contribution in [-0.2, 0) is 9.53 Å². The topological polar surface area (TPSA) is 89.5 Å². The summed E-state index contributed by atoms with van der Waals surface area (Å²) in [6, 6.07) is 17.7. The van der Waals surface area contributed by atoms with E-state index >= 15 is 0 Å². The van der Waals surface area contributed by atoms with Gasteiger partial charge in [-0.3, -0.25) is 14.4 Å². The van der Waals surface area contributed by atoms with Gasteiger partial charge in [0.25, 0.3) is 5.91 Å². The molecule has 0 fully saturated rings. The molecule has 0 bridgehead atoms. The van der Waals surface area contributed by atoms with Gasteiger partial charge in [0.2, 0.25) is 0 Å². The van der Waals surface area contributed by atoms with E-state index in [2.05, 4.69) is 21.2 Å². The average molecular weight is 464 g/mol. The second kappa shape index (κ2) is 8.04. The van der Waals surface area contributed by atoms with Crippen LogP contribution in [0.4, 0.5) is 5.69 Å². The van der Waals surface area contributed by atoms with Crippen molar-refractivity contribution in [1.29, 1.82) is 0 Å². The van der Waals surface area contributed by atoms with Crippen LogP contribution in [0.5, 0.6) is 0 Å². The van der Waals surface area contributed by atoms with Crippen LogP contribution in [0, 0.1) is 0 Å². The van der Waals surface area contributed by atoms with Gasteiger partial charge in [-0.05, 0) is 42.5 Å². The number of ketones is 2. The number of carbonyl (C=O) groups is 4. The van der Waals surface area contributed by atoms with Crippen molar-refractivity contribution < 1.29 is 23.9 Å². The van der Waals surface area contributed by atoms with Gasteiger partial charge in [0, 0.05) is 32.4 Å². The van der Waals surface area contributed by atoms with E-state index in [1.54, 1.807) is 48.5 Å². The van der Waals surface area contributed by atoms with E-state index in [1.165, 1.54) is 18.2 Å². The lowest BCUT2D eigenvalue weighted by Gasteiger charge is -2.18. The number of esters is 1. The Labute approximate surface area is 180 Å². The molecule has 1 amide bonds. The quantitative estimate of drug-likeness (QED) is 0.461. The Morgan fingerprint density at radius 1 is 0.800 bits per heavy atom. The monoisotopic (exact) mass is 463 g/mol. The molecule has 0 radical (unpaired) electrons. The van der Waals surface area contributed by atoms with E-state index in [0.717, 1.165) is 4.47 Å². The lowest BCUT2D eigenvalue weighted by molar-refractivity contribution is -0.119. The largest absolute Gasteiger partial charge is 0.452 e. The SMILES string of the molecule is O=C(COC(=O)c1ccc(Br)cc1)Nc1ccc2c(c1)C(=O)c1ccccc1C2=O. The minimum Gasteiger partial charge on any atom is -0.452 e. The molecule has 6 nitrogen and oxygen atoms in total. The Morgan fingerprint density at radius 2 is 1.40 bits per heavy atom. The third kappa shape index (κ3) is 3.79. The summed E-state index contributed by atoms with van der Waals surface area (Å²) in [4.78, 5) is 49.5. The van der Waals surface area contributed by atoms with E-state index in [0.29, 0.717) is 27.9 Å². The maximum atomic E-state index is 12.7. The Kier molecular flexibility index (Phi) is 5.29. The molecule has 0 heterocycles. The molecule has 0 spiro atoms. The highest BCUT2D eigenvalue weighted by molar-refractivity contribution is 9.10. The van der Waals surface area contributed by atoms with Crippen LogP contribution < -0.4 is 5.32 Å². The van der Waals surface area contributed by atoms with Crippen LogP contribution in [0.1, 0.15) is 42.2 Å². The summed E-state index contributed by atoms with van der Waals surface area (Å²) in [6.45, 7) is -0.484. The first-order chi connectivity index (χ1) is 14.4. The van der Waals surface area contributed by atoms with Crippen LogP contribution in [0.15, 0.2) is 71.2 Å². The van der Waals surface area contributed by atoms with Crippen molar-refractivity contribution in [3.05, 3.63) is 99.0 Å². The number of rotatable bonds is 4. The van der Waals surface area contributed by atoms with Gasteiger partial charge < -0.3 is 10.1 Å². The van der Waals surface area contributed by atoms with E-state index in [4.69, 9.17) is 4.74 Å². The van der Waals surface area contributed by atoms with Crippen LogP contribution in [0.25, 0.3) is 0 Å². The number of carbonyl (C=O) groups excluding carboxylic acids is 4. The van der Waals surface area contributed by atoms with Gasteiger partial charge in [0.1, 0.15) is 0 Å². The Bertz CT molecular complexity index is 1200. The van der Waals surface area contributed by atoms with Crippen LogP contribution >= 0.6 is 15.9 Å². The van der Waals surface area contributed by atoms with Crippen molar-refractivity contribution in [1.82, 2.24) is 0 Å². The molecule has 0 saturated heterocycles. The first-order valence-corrected chi connectivity index (χ1v) is 9.78. The Balaban J connectivity index is 1.45. The molecule has 0 atom stereocenters. The first kappa shape index (κ1) is 19.7. The molecule has 0 aliphatic heterocycles. The number of hydrogen-bond donors (Lipinski definition) is 1. The maximum Gasteiger partial charge on any atom is 0.338 e. The fourth-order valence-corrected chi connectivity index (χ4v) is 3.44. The summed E-state index contributed by atoms with van der Waals surface area (Å²) in [5.74, 6) is -1.70. The van der Waals surface area contributed by atoms with E-state index < -0.39 is 18.5 Å². The molecule has 4 rings (SSSR count). The van der Waals surface area contributed by atoms with Gasteiger partial charge in [0.15, 0.2) is 18.2 Å². The predicted molar refractivity (Wildman–Crippen MR) is 113 cm³/mol. The molecule has 7 heteroatoms. The maximum absolute atomic E-state index is 12.7. The molecule has 1 aliphatic rings. The fourth-order valence-electron chi connectivity index (χ4n) is 3.17. The molecule has 1 N–H and O–H groups in total. The number of ether oxygens (including phenoxy) is 1. The molecule has 3 aromatic carbocycles. The van der Waals surface area contributed by atoms with Crippen molar-refractivity contribution in [2.45, 2.75) is 0 Å². The molecule has 148 valence electrons. The minimum absolute atomic E-state index is 0.225. The van der Waals surface area contributed by atoms with Crippen LogP contribution in [0.2, 0.25) is 0 Å². The molecule has 3 aromatic rings. The van der Waals surface area contributed by atoms with Gasteiger partial charge in [-0.1, -0.05) is 40.2 Å². The molecule has 0 aromatic heterocycles. The normalized spacial score (nSPS) is 12.0. The molecular weight excluding hydrogens is 450 g/mol. The van der Waals surface area contributed by atoms with E-state index in [1.807, 2.05) is 0 Å². The molecular formula is C23H14BrNO5. The predicted octanol–water partition coefficient (Wildman–Crippen LogP) is 4.02. The van der Waals surface area contributed by atoms with Gasteiger partial charge in [0.05, 0.1) is 5.56 Å². The Morgan fingerprint density at radius 3 is 2.07 bits per heavy atom. The highest BCUT2D eigenvalue weighted by Crippen LogP contribution is 2.29. The molecule has 1 aliphatic carbocycles. The Hall–Kier alpha value is -3.58. The fraction of sp³-hybridized carbons (Fsp3) is 0.0435. The number of anilines is 1. The number of fused-ring (bicyclic) bond motifs is 2. The van der Waals surface area contributed by atoms with Gasteiger partial charge in [-0.15, -0.1) is 0 Å². The number of hydrogen-bond acceptors (Lipinski definition) is 5. The standard InChI is InChI=1S/C23H14BrNO5/c24-14-7-5-13(6-8-14)23(29)30-12-20(26)25-15-9-10-18-19(11-15)22(28)17-4-2-1-3-16(17)21(18)27/h1-11H,12H2,(H,25,26). The highest BCUT2D eigenvalue weighted by Gasteiger charge is 2.29. The molecule has 0 unspecified atom stereocenters. The zero-order chi connectivity index (χ0) is 21.3. The third-order valence-corrected chi connectivity index (χ3v) is 5.15. The first-order valence-electron chi connectivity index (χ1n) is 8.99. The highest BCUT2D eigenvalue weighted by atomic mass is 79.9. The summed E-state index contributed by atoms with van der Waals surface area (Å²) in [5, 5.41) is 2.58. The molecule has 30 heavy (non-hydrogen) atoms. The minimum atomic E-state index is -0.625. The van der Waals surface area contributed by atoms with Crippen molar-refractivity contribution >= 4 is 45.1 Å². The second-order valence-electron chi connectivity index (χ2n) is 6.60. The zero-order valence-corrected chi connectivity index (χ0v) is 17.1. The van der Waals surface area contributed by atoms with Crippen molar-refractivity contribution in [3.63, 3.8) is 0 Å². The lowest BCUT2D eigenvalue weighted by Crippen LogP contribution is -2.23. The van der Waals surface area contributed by atoms with Crippen molar-refractivity contribution in [2.75, 3.05) is 11.9 Å². The zero-order valence-electron chi connectivity index (χ0n) is 15.5.